The molecule has 1 rings (SSSR count). The molecule has 2 N–H and O–H groups in total. The van der Waals surface area contributed by atoms with Gasteiger partial charge >= 0.3 is 5.97 Å². The number of hydrogen-bond acceptors (Lipinski definition) is 3. The Labute approximate surface area is 75.3 Å². The van der Waals surface area contributed by atoms with E-state index >= 15 is 0 Å². The van der Waals surface area contributed by atoms with E-state index < -0.39 is 17.8 Å². The number of ether oxygens (including phenoxy) is 1. The number of halogens is 1. The van der Waals surface area contributed by atoms with E-state index in [4.69, 9.17) is 10.5 Å². The van der Waals surface area contributed by atoms with E-state index in [-0.39, 0.29) is 5.75 Å². The van der Waals surface area contributed by atoms with Crippen LogP contribution < -0.4 is 10.5 Å². The van der Waals surface area contributed by atoms with Gasteiger partial charge in [-0.05, 0) is 19.1 Å². The van der Waals surface area contributed by atoms with Crippen LogP contribution >= 0.6 is 0 Å². The maximum absolute atomic E-state index is 12.6. The Kier molecular flexibility index (Phi) is 2.97. The molecule has 0 saturated heterocycles. The number of rotatable bonds is 2. The average Bonchev–Trinajstić information content (AvgIpc) is 2.04. The van der Waals surface area contributed by atoms with Crippen LogP contribution in [0.4, 0.5) is 4.39 Å². The van der Waals surface area contributed by atoms with Crippen LogP contribution in [0.2, 0.25) is 0 Å². The summed E-state index contributed by atoms with van der Waals surface area (Å²) in [6.07, 6.45) is 0. The number of nitrogens with two attached hydrogens (primary N) is 1. The topological polar surface area (TPSA) is 52.3 Å². The molecule has 3 nitrogen and oxygen atoms in total. The summed E-state index contributed by atoms with van der Waals surface area (Å²) in [7, 11) is 0. The summed E-state index contributed by atoms with van der Waals surface area (Å²) in [5.41, 5.74) is 5.25. The van der Waals surface area contributed by atoms with Gasteiger partial charge in [-0.15, -0.1) is 0 Å². The normalized spacial score (nSPS) is 12.2. The summed E-state index contributed by atoms with van der Waals surface area (Å²) < 4.78 is 17.3. The molecule has 13 heavy (non-hydrogen) atoms. The summed E-state index contributed by atoms with van der Waals surface area (Å²) in [6, 6.07) is 4.63. The number of carbonyl (C=O) groups is 1. The molecule has 0 saturated carbocycles. The highest BCUT2D eigenvalue weighted by Crippen LogP contribution is 2.12. The molecule has 1 aromatic carbocycles. The standard InChI is InChI=1S/C9H10FNO2/c1-6(11)9(12)13-8-4-2-3-7(10)5-8/h2-6H,11H2,1H3/t6-/m0/s1. The number of hydrogen-bond donors (Lipinski definition) is 1. The van der Waals surface area contributed by atoms with Gasteiger partial charge in [0.1, 0.15) is 17.6 Å². The predicted molar refractivity (Wildman–Crippen MR) is 45.7 cm³/mol. The summed E-state index contributed by atoms with van der Waals surface area (Å²) in [5.74, 6) is -0.858. The van der Waals surface area contributed by atoms with E-state index in [9.17, 15) is 9.18 Å². The van der Waals surface area contributed by atoms with Crippen molar-refractivity contribution < 1.29 is 13.9 Å². The molecule has 0 amide bonds. The quantitative estimate of drug-likeness (QED) is 0.551. The molecule has 4 heteroatoms. The third-order valence-corrected chi connectivity index (χ3v) is 1.39. The van der Waals surface area contributed by atoms with Crippen molar-refractivity contribution in [3.8, 4) is 5.75 Å². The van der Waals surface area contributed by atoms with E-state index in [0.717, 1.165) is 6.07 Å². The van der Waals surface area contributed by atoms with Gasteiger partial charge in [0, 0.05) is 6.07 Å². The zero-order chi connectivity index (χ0) is 9.84. The molecule has 1 aromatic rings. The molecule has 0 bridgehead atoms. The van der Waals surface area contributed by atoms with Crippen LogP contribution in [-0.2, 0) is 4.79 Å². The molecular weight excluding hydrogens is 173 g/mol. The van der Waals surface area contributed by atoms with Gasteiger partial charge in [0.15, 0.2) is 0 Å². The number of esters is 1. The van der Waals surface area contributed by atoms with Crippen molar-refractivity contribution in [1.82, 2.24) is 0 Å². The summed E-state index contributed by atoms with van der Waals surface area (Å²) in [5, 5.41) is 0. The predicted octanol–water partition coefficient (Wildman–Crippen LogP) is 1.08. The Balaban J connectivity index is 2.69. The van der Waals surface area contributed by atoms with Crippen LogP contribution in [0.1, 0.15) is 6.92 Å². The summed E-state index contributed by atoms with van der Waals surface area (Å²) in [6.45, 7) is 1.50. The molecule has 0 aliphatic heterocycles. The van der Waals surface area contributed by atoms with Crippen LogP contribution in [0, 0.1) is 5.82 Å². The Morgan fingerprint density at radius 3 is 2.85 bits per heavy atom. The van der Waals surface area contributed by atoms with E-state index in [1.54, 1.807) is 0 Å². The number of benzene rings is 1. The van der Waals surface area contributed by atoms with Gasteiger partial charge in [-0.2, -0.15) is 0 Å². The van der Waals surface area contributed by atoms with Gasteiger partial charge in [-0.3, -0.25) is 0 Å². The van der Waals surface area contributed by atoms with E-state index in [2.05, 4.69) is 0 Å². The minimum absolute atomic E-state index is 0.169. The first-order valence-electron chi connectivity index (χ1n) is 3.82. The van der Waals surface area contributed by atoms with Crippen molar-refractivity contribution in [2.75, 3.05) is 0 Å². The van der Waals surface area contributed by atoms with Gasteiger partial charge in [0.2, 0.25) is 0 Å². The molecule has 0 fully saturated rings. The van der Waals surface area contributed by atoms with Crippen molar-refractivity contribution in [2.45, 2.75) is 13.0 Å². The van der Waals surface area contributed by atoms with Crippen LogP contribution in [0.25, 0.3) is 0 Å². The lowest BCUT2D eigenvalue weighted by molar-refractivity contribution is -0.135. The van der Waals surface area contributed by atoms with Crippen molar-refractivity contribution in [3.05, 3.63) is 30.1 Å². The van der Waals surface area contributed by atoms with Crippen molar-refractivity contribution in [2.24, 2.45) is 5.73 Å². The van der Waals surface area contributed by atoms with Crippen LogP contribution in [-0.4, -0.2) is 12.0 Å². The minimum Gasteiger partial charge on any atom is -0.425 e. The monoisotopic (exact) mass is 183 g/mol. The molecule has 0 aliphatic rings. The Hall–Kier alpha value is -1.42. The Morgan fingerprint density at radius 2 is 2.31 bits per heavy atom. The Bertz CT molecular complexity index is 312. The first-order chi connectivity index (χ1) is 6.09. The van der Waals surface area contributed by atoms with Crippen LogP contribution in [0.15, 0.2) is 24.3 Å². The molecule has 0 unspecified atom stereocenters. The van der Waals surface area contributed by atoms with E-state index in [1.165, 1.54) is 25.1 Å². The van der Waals surface area contributed by atoms with Gasteiger partial charge < -0.3 is 10.5 Å². The second-order valence-corrected chi connectivity index (χ2v) is 2.67. The third kappa shape index (κ3) is 2.83. The highest BCUT2D eigenvalue weighted by atomic mass is 19.1. The fourth-order valence-electron chi connectivity index (χ4n) is 0.740. The molecule has 0 spiro atoms. The molecule has 0 radical (unpaired) electrons. The second kappa shape index (κ2) is 4.00. The highest BCUT2D eigenvalue weighted by molar-refractivity contribution is 5.77. The van der Waals surface area contributed by atoms with Gasteiger partial charge in [-0.25, -0.2) is 9.18 Å². The minimum atomic E-state index is -0.705. The molecule has 1 atom stereocenters. The highest BCUT2D eigenvalue weighted by Gasteiger charge is 2.09. The third-order valence-electron chi connectivity index (χ3n) is 1.39. The Morgan fingerprint density at radius 1 is 1.62 bits per heavy atom. The first-order valence-corrected chi connectivity index (χ1v) is 3.82. The average molecular weight is 183 g/mol. The lowest BCUT2D eigenvalue weighted by Gasteiger charge is -2.05. The lowest BCUT2D eigenvalue weighted by Crippen LogP contribution is -2.30. The fourth-order valence-corrected chi connectivity index (χ4v) is 0.740. The first kappa shape index (κ1) is 9.67. The maximum atomic E-state index is 12.6. The van der Waals surface area contributed by atoms with E-state index in [0.29, 0.717) is 0 Å². The van der Waals surface area contributed by atoms with Crippen LogP contribution in [0.3, 0.4) is 0 Å². The largest absolute Gasteiger partial charge is 0.425 e. The SMILES string of the molecule is C[C@H](N)C(=O)Oc1cccc(F)c1. The zero-order valence-corrected chi connectivity index (χ0v) is 7.16. The van der Waals surface area contributed by atoms with Crippen molar-refractivity contribution >= 4 is 5.97 Å². The van der Waals surface area contributed by atoms with Gasteiger partial charge in [0.25, 0.3) is 0 Å². The maximum Gasteiger partial charge on any atom is 0.328 e. The second-order valence-electron chi connectivity index (χ2n) is 2.67. The summed E-state index contributed by atoms with van der Waals surface area (Å²) in [4.78, 5) is 11.0. The summed E-state index contributed by atoms with van der Waals surface area (Å²) >= 11 is 0. The molecular formula is C9H10FNO2. The molecule has 0 aromatic heterocycles. The molecule has 0 heterocycles. The zero-order valence-electron chi connectivity index (χ0n) is 7.16. The van der Waals surface area contributed by atoms with Crippen molar-refractivity contribution in [1.29, 1.82) is 0 Å². The van der Waals surface area contributed by atoms with E-state index in [1.807, 2.05) is 0 Å². The van der Waals surface area contributed by atoms with Crippen molar-refractivity contribution in [3.63, 3.8) is 0 Å². The lowest BCUT2D eigenvalue weighted by atomic mass is 10.3. The molecule has 70 valence electrons. The fraction of sp³-hybridized carbons (Fsp3) is 0.222. The van der Waals surface area contributed by atoms with Crippen LogP contribution in [0.5, 0.6) is 5.75 Å². The molecule has 0 aliphatic carbocycles. The smallest absolute Gasteiger partial charge is 0.328 e. The number of carbonyl (C=O) groups excluding carboxylic acids is 1. The van der Waals surface area contributed by atoms with Gasteiger partial charge in [0.05, 0.1) is 0 Å². The van der Waals surface area contributed by atoms with Gasteiger partial charge in [-0.1, -0.05) is 6.07 Å².